The van der Waals surface area contributed by atoms with Gasteiger partial charge in [0.1, 0.15) is 0 Å². The van der Waals surface area contributed by atoms with Crippen molar-refractivity contribution < 1.29 is 48.8 Å². The predicted molar refractivity (Wildman–Crippen MR) is 107 cm³/mol. The molecule has 0 aliphatic carbocycles. The van der Waals surface area contributed by atoms with E-state index in [9.17, 15) is 0 Å². The van der Waals surface area contributed by atoms with E-state index < -0.39 is 13.4 Å². The minimum atomic E-state index is -4.56. The minimum absolute atomic E-state index is 0. The molecule has 0 aromatic rings. The van der Waals surface area contributed by atoms with Gasteiger partial charge in [0.2, 0.25) is 0 Å². The third-order valence-corrected chi connectivity index (χ3v) is 2.77. The molecule has 0 heterocycles. The van der Waals surface area contributed by atoms with Gasteiger partial charge in [0.25, 0.3) is 0 Å². The van der Waals surface area contributed by atoms with Crippen LogP contribution in [-0.2, 0) is 43.1 Å². The average Bonchev–Trinajstić information content (AvgIpc) is 2.35. The van der Waals surface area contributed by atoms with E-state index in [-0.39, 0.29) is 19.5 Å². The Hall–Kier alpha value is 1.68. The molecule has 0 spiro atoms. The third-order valence-electron chi connectivity index (χ3n) is 2.77. The van der Waals surface area contributed by atoms with Gasteiger partial charge in [-0.25, -0.2) is 0 Å². The van der Waals surface area contributed by atoms with Gasteiger partial charge in [-0.3, -0.25) is 0 Å². The molecular weight excluding hydrogens is 480 g/mol. The van der Waals surface area contributed by atoms with E-state index >= 15 is 0 Å². The molecule has 0 atom stereocenters. The van der Waals surface area contributed by atoms with Gasteiger partial charge in [-0.1, -0.05) is 92.9 Å². The van der Waals surface area contributed by atoms with Crippen LogP contribution in [0, 0.1) is 11.8 Å². The second-order valence-electron chi connectivity index (χ2n) is 6.67. The summed E-state index contributed by atoms with van der Waals surface area (Å²) in [5.74, 6) is 1.81. The normalized spacial score (nSPS) is 10.6. The number of hydrogen-bond donors (Lipinski definition) is 0. The van der Waals surface area contributed by atoms with Gasteiger partial charge in [-0.2, -0.15) is 23.6 Å². The molecule has 27 heavy (non-hydrogen) atoms. The van der Waals surface area contributed by atoms with E-state index in [0.29, 0.717) is 0 Å². The fraction of sp³-hybridized carbons (Fsp3) is 1.00. The molecule has 0 aromatic heterocycles. The van der Waals surface area contributed by atoms with Crippen LogP contribution < -0.4 is 29.4 Å². The van der Waals surface area contributed by atoms with E-state index in [0.717, 1.165) is 11.8 Å². The summed E-state index contributed by atoms with van der Waals surface area (Å²) in [6.07, 6.45) is 11.2. The third kappa shape index (κ3) is 134. The molecule has 164 valence electrons. The van der Waals surface area contributed by atoms with Crippen molar-refractivity contribution >= 4 is 37.1 Å². The van der Waals surface area contributed by atoms with Crippen molar-refractivity contribution in [2.45, 2.75) is 92.9 Å². The molecule has 0 radical (unpaired) electrons. The Morgan fingerprint density at radius 1 is 0.593 bits per heavy atom. The summed E-state index contributed by atoms with van der Waals surface area (Å²) >= 11 is 6.54. The van der Waals surface area contributed by atoms with Crippen LogP contribution in [0.2, 0.25) is 0 Å². The number of unbranched alkanes of at least 4 members (excludes halogenated alkanes) is 4. The van der Waals surface area contributed by atoms with Gasteiger partial charge in [-0.05, 0) is 11.8 Å². The van der Waals surface area contributed by atoms with Crippen LogP contribution in [0.25, 0.3) is 0 Å². The molecule has 0 N–H and O–H groups in total. The van der Waals surface area contributed by atoms with Gasteiger partial charge in [0.05, 0.1) is 0 Å². The summed E-state index contributed by atoms with van der Waals surface area (Å²) in [6.45, 7) is 4.54. The zero-order valence-corrected chi connectivity index (χ0v) is 24.1. The van der Waals surface area contributed by atoms with E-state index in [1.807, 2.05) is 0 Å². The van der Waals surface area contributed by atoms with Gasteiger partial charge >= 0.3 is 19.5 Å². The largest absolute Gasteiger partial charge is 2.00 e. The summed E-state index contributed by atoms with van der Waals surface area (Å²) in [7, 11) is 0. The Morgan fingerprint density at radius 3 is 0.889 bits per heavy atom. The van der Waals surface area contributed by atoms with Crippen LogP contribution in [0.4, 0.5) is 0 Å². The fourth-order valence-electron chi connectivity index (χ4n) is 1.61. The molecule has 0 aromatic carbocycles. The standard InChI is InChI=1S/2C8H18.2H3O3PS.Zn/c2*1-4-5-6-7-8(2)3;2*1-4(2,3)5;/h2*8H,4-7H2,1-3H3;2*(H3,1,2,3,5);/q;;;;+2/p-6. The Balaban J connectivity index is -0.0000000807. The second kappa shape index (κ2) is 25.7. The molecular formula is C16H36O6P2S2Zn-4. The first-order valence-corrected chi connectivity index (χ1v) is 14.1. The SMILES string of the molecule is CCCCCC(C)C.CCCCCC(C)C.[O-]P([O-])([O-])=S.[O-]P([O-])([O-])=S.[Zn+2]. The second-order valence-corrected chi connectivity index (χ2v) is 11.1. The molecule has 0 aliphatic rings. The fourth-order valence-corrected chi connectivity index (χ4v) is 1.61. The first kappa shape index (κ1) is 39.2. The van der Waals surface area contributed by atoms with Crippen molar-refractivity contribution in [2.75, 3.05) is 0 Å². The van der Waals surface area contributed by atoms with Crippen LogP contribution in [-0.4, -0.2) is 0 Å². The van der Waals surface area contributed by atoms with Crippen molar-refractivity contribution in [3.05, 3.63) is 0 Å². The topological polar surface area (TPSA) is 138 Å². The maximum absolute atomic E-state index is 8.92. The van der Waals surface area contributed by atoms with Crippen LogP contribution in [0.15, 0.2) is 0 Å². The van der Waals surface area contributed by atoms with Crippen molar-refractivity contribution in [3.63, 3.8) is 0 Å². The monoisotopic (exact) mass is 514 g/mol. The number of hydrogen-bond acceptors (Lipinski definition) is 8. The minimum Gasteiger partial charge on any atom is -0.844 e. The van der Waals surface area contributed by atoms with Crippen molar-refractivity contribution in [1.29, 1.82) is 0 Å². The first-order valence-electron chi connectivity index (χ1n) is 9.00. The van der Waals surface area contributed by atoms with Crippen molar-refractivity contribution in [3.8, 4) is 0 Å². The van der Waals surface area contributed by atoms with Gasteiger partial charge < -0.3 is 42.8 Å². The zero-order valence-electron chi connectivity index (χ0n) is 17.7. The maximum atomic E-state index is 8.92. The summed E-state index contributed by atoms with van der Waals surface area (Å²) in [5, 5.41) is 0. The predicted octanol–water partition coefficient (Wildman–Crippen LogP) is 1.03. The van der Waals surface area contributed by atoms with Gasteiger partial charge in [-0.15, -0.1) is 0 Å². The molecule has 0 amide bonds. The molecule has 6 nitrogen and oxygen atoms in total. The van der Waals surface area contributed by atoms with Crippen LogP contribution in [0.5, 0.6) is 0 Å². The van der Waals surface area contributed by atoms with E-state index in [1.54, 1.807) is 0 Å². The van der Waals surface area contributed by atoms with Crippen LogP contribution >= 0.6 is 13.4 Å². The Labute approximate surface area is 190 Å². The Kier molecular flexibility index (Phi) is 37.3. The molecule has 0 fully saturated rings. The van der Waals surface area contributed by atoms with Crippen LogP contribution in [0.3, 0.4) is 0 Å². The zero-order chi connectivity index (χ0) is 21.8. The smallest absolute Gasteiger partial charge is 0.844 e. The molecule has 0 rings (SSSR count). The quantitative estimate of drug-likeness (QED) is 0.265. The molecule has 11 heteroatoms. The van der Waals surface area contributed by atoms with Crippen molar-refractivity contribution in [2.24, 2.45) is 11.8 Å². The van der Waals surface area contributed by atoms with Crippen LogP contribution in [0.1, 0.15) is 92.9 Å². The first-order chi connectivity index (χ1) is 11.5. The van der Waals surface area contributed by atoms with Crippen molar-refractivity contribution in [1.82, 2.24) is 0 Å². The van der Waals surface area contributed by atoms with E-state index in [4.69, 9.17) is 29.4 Å². The summed E-state index contributed by atoms with van der Waals surface area (Å²) < 4.78 is 0. The Morgan fingerprint density at radius 2 is 0.778 bits per heavy atom. The van der Waals surface area contributed by atoms with Gasteiger partial charge in [0, 0.05) is 0 Å². The molecule has 0 aliphatic heterocycles. The molecule has 0 saturated heterocycles. The summed E-state index contributed by atoms with van der Waals surface area (Å²) in [4.78, 5) is 53.5. The Bertz CT molecular complexity index is 312. The average molecular weight is 516 g/mol. The molecule has 0 unspecified atom stereocenters. The summed E-state index contributed by atoms with van der Waals surface area (Å²) in [6, 6.07) is 0. The van der Waals surface area contributed by atoms with Gasteiger partial charge in [0.15, 0.2) is 0 Å². The van der Waals surface area contributed by atoms with E-state index in [1.165, 1.54) is 51.4 Å². The molecule has 0 saturated carbocycles. The number of rotatable bonds is 8. The maximum Gasteiger partial charge on any atom is 2.00 e. The molecule has 0 bridgehead atoms. The van der Waals surface area contributed by atoms with E-state index in [2.05, 4.69) is 65.2 Å². The summed E-state index contributed by atoms with van der Waals surface area (Å²) in [5.41, 5.74) is 0.